The molecule has 0 aromatic heterocycles. The van der Waals surface area contributed by atoms with Gasteiger partial charge in [0.2, 0.25) is 5.91 Å². The first-order valence-electron chi connectivity index (χ1n) is 8.11. The largest absolute Gasteiger partial charge is 0.465 e. The summed E-state index contributed by atoms with van der Waals surface area (Å²) in [5.74, 6) is 0.138. The zero-order chi connectivity index (χ0) is 15.9. The fraction of sp³-hybridized carbons (Fsp3) is 0.875. The van der Waals surface area contributed by atoms with Crippen LogP contribution in [0.25, 0.3) is 0 Å². The van der Waals surface area contributed by atoms with Crippen molar-refractivity contribution in [1.82, 2.24) is 10.2 Å². The molecule has 0 unspecified atom stereocenters. The highest BCUT2D eigenvalue weighted by atomic mass is 16.5. The van der Waals surface area contributed by atoms with Gasteiger partial charge in [0.1, 0.15) is 6.54 Å². The second-order valence-corrected chi connectivity index (χ2v) is 6.27. The molecule has 21 heavy (non-hydrogen) atoms. The van der Waals surface area contributed by atoms with Crippen LogP contribution in [0.4, 0.5) is 0 Å². The number of carbonyl (C=O) groups excluding carboxylic acids is 2. The first-order chi connectivity index (χ1) is 9.95. The molecule has 0 bridgehead atoms. The summed E-state index contributed by atoms with van der Waals surface area (Å²) in [6, 6.07) is 0. The summed E-state index contributed by atoms with van der Waals surface area (Å²) in [7, 11) is 0. The highest BCUT2D eigenvalue weighted by Gasteiger charge is 2.41. The van der Waals surface area contributed by atoms with E-state index in [0.29, 0.717) is 19.1 Å². The maximum absolute atomic E-state index is 13.0. The minimum atomic E-state index is -0.313. The van der Waals surface area contributed by atoms with Crippen LogP contribution in [-0.4, -0.2) is 49.6 Å². The fourth-order valence-corrected chi connectivity index (χ4v) is 2.98. The van der Waals surface area contributed by atoms with Crippen molar-refractivity contribution < 1.29 is 14.3 Å². The van der Waals surface area contributed by atoms with Gasteiger partial charge in [-0.2, -0.15) is 0 Å². The summed E-state index contributed by atoms with van der Waals surface area (Å²) in [5.41, 5.74) is -0.313. The number of rotatable bonds is 7. The maximum atomic E-state index is 13.0. The summed E-state index contributed by atoms with van der Waals surface area (Å²) in [5, 5.41) is 3.31. The second kappa shape index (κ2) is 8.37. The van der Waals surface area contributed by atoms with Gasteiger partial charge in [0.05, 0.1) is 12.0 Å². The summed E-state index contributed by atoms with van der Waals surface area (Å²) in [6.45, 7) is 10.7. The lowest BCUT2D eigenvalue weighted by atomic mass is 9.75. The van der Waals surface area contributed by atoms with Crippen LogP contribution in [0.5, 0.6) is 0 Å². The molecule has 1 rings (SSSR count). The molecule has 1 aliphatic heterocycles. The van der Waals surface area contributed by atoms with Crippen LogP contribution in [0, 0.1) is 11.3 Å². The highest BCUT2D eigenvalue weighted by Crippen LogP contribution is 2.34. The Hall–Kier alpha value is -1.10. The lowest BCUT2D eigenvalue weighted by molar-refractivity contribution is -0.154. The van der Waals surface area contributed by atoms with Gasteiger partial charge in [-0.3, -0.25) is 9.59 Å². The van der Waals surface area contributed by atoms with Crippen molar-refractivity contribution in [3.8, 4) is 0 Å². The number of carbonyl (C=O) groups is 2. The van der Waals surface area contributed by atoms with Gasteiger partial charge in [-0.05, 0) is 45.2 Å². The summed E-state index contributed by atoms with van der Waals surface area (Å²) in [6.07, 6.45) is 2.52. The van der Waals surface area contributed by atoms with E-state index in [2.05, 4.69) is 26.1 Å². The molecule has 122 valence electrons. The number of ether oxygens (including phenoxy) is 1. The van der Waals surface area contributed by atoms with Crippen LogP contribution < -0.4 is 5.32 Å². The van der Waals surface area contributed by atoms with Gasteiger partial charge in [0, 0.05) is 6.54 Å². The van der Waals surface area contributed by atoms with E-state index in [1.54, 1.807) is 11.8 Å². The van der Waals surface area contributed by atoms with E-state index in [4.69, 9.17) is 4.74 Å². The van der Waals surface area contributed by atoms with E-state index in [9.17, 15) is 9.59 Å². The second-order valence-electron chi connectivity index (χ2n) is 6.27. The van der Waals surface area contributed by atoms with E-state index in [-0.39, 0.29) is 23.8 Å². The van der Waals surface area contributed by atoms with Crippen LogP contribution >= 0.6 is 0 Å². The third-order valence-electron chi connectivity index (χ3n) is 4.19. The number of nitrogens with one attached hydrogen (secondary N) is 1. The van der Waals surface area contributed by atoms with Crippen molar-refractivity contribution in [2.45, 2.75) is 47.0 Å². The highest BCUT2D eigenvalue weighted by molar-refractivity contribution is 5.86. The van der Waals surface area contributed by atoms with Gasteiger partial charge in [-0.1, -0.05) is 20.8 Å². The summed E-state index contributed by atoms with van der Waals surface area (Å²) >= 11 is 0. The van der Waals surface area contributed by atoms with Gasteiger partial charge in [-0.15, -0.1) is 0 Å². The van der Waals surface area contributed by atoms with E-state index in [1.807, 2.05) is 0 Å². The normalized spacial score (nSPS) is 17.6. The molecule has 1 heterocycles. The summed E-state index contributed by atoms with van der Waals surface area (Å²) in [4.78, 5) is 26.5. The number of nitrogens with zero attached hydrogens (tertiary/aromatic N) is 1. The lowest BCUT2D eigenvalue weighted by Crippen LogP contribution is -2.51. The number of amides is 1. The smallest absolute Gasteiger partial charge is 0.325 e. The molecule has 1 N–H and O–H groups in total. The number of esters is 1. The molecule has 5 nitrogen and oxygen atoms in total. The first kappa shape index (κ1) is 18.0. The molecular weight excluding hydrogens is 268 g/mol. The Labute approximate surface area is 128 Å². The van der Waals surface area contributed by atoms with Crippen LogP contribution in [0.2, 0.25) is 0 Å². The quantitative estimate of drug-likeness (QED) is 0.728. The van der Waals surface area contributed by atoms with E-state index < -0.39 is 0 Å². The molecule has 1 amide bonds. The third kappa shape index (κ3) is 4.99. The van der Waals surface area contributed by atoms with Crippen LogP contribution in [0.3, 0.4) is 0 Å². The monoisotopic (exact) mass is 298 g/mol. The SMILES string of the molecule is CCOC(=O)CN(CC(C)C)C(=O)C1(CC)CCNCC1. The Morgan fingerprint density at radius 3 is 2.33 bits per heavy atom. The summed E-state index contributed by atoms with van der Waals surface area (Å²) < 4.78 is 5.01. The van der Waals surface area contributed by atoms with E-state index in [1.165, 1.54) is 0 Å². The van der Waals surface area contributed by atoms with Gasteiger partial charge < -0.3 is 15.0 Å². The Balaban J connectivity index is 2.84. The van der Waals surface area contributed by atoms with Crippen molar-refractivity contribution in [2.75, 3.05) is 32.8 Å². The van der Waals surface area contributed by atoms with Crippen LogP contribution in [-0.2, 0) is 14.3 Å². The van der Waals surface area contributed by atoms with Gasteiger partial charge in [0.25, 0.3) is 0 Å². The lowest BCUT2D eigenvalue weighted by Gasteiger charge is -2.39. The number of piperidine rings is 1. The molecule has 0 aromatic carbocycles. The average Bonchev–Trinajstić information content (AvgIpc) is 2.46. The number of hydrogen-bond acceptors (Lipinski definition) is 4. The van der Waals surface area contributed by atoms with Crippen molar-refractivity contribution >= 4 is 11.9 Å². The zero-order valence-corrected chi connectivity index (χ0v) is 13.9. The molecule has 5 heteroatoms. The standard InChI is InChI=1S/C16H30N2O3/c1-5-16(7-9-17-10-8-16)15(20)18(11-13(3)4)12-14(19)21-6-2/h13,17H,5-12H2,1-4H3. The van der Waals surface area contributed by atoms with E-state index in [0.717, 1.165) is 32.4 Å². The first-order valence-corrected chi connectivity index (χ1v) is 8.11. The van der Waals surface area contributed by atoms with Crippen LogP contribution in [0.1, 0.15) is 47.0 Å². The van der Waals surface area contributed by atoms with Crippen molar-refractivity contribution in [1.29, 1.82) is 0 Å². The van der Waals surface area contributed by atoms with Crippen LogP contribution in [0.15, 0.2) is 0 Å². The Morgan fingerprint density at radius 2 is 1.86 bits per heavy atom. The molecule has 0 atom stereocenters. The van der Waals surface area contributed by atoms with Crippen molar-refractivity contribution in [2.24, 2.45) is 11.3 Å². The fourth-order valence-electron chi connectivity index (χ4n) is 2.98. The molecular formula is C16H30N2O3. The molecule has 0 aromatic rings. The molecule has 0 saturated carbocycles. The molecule has 1 saturated heterocycles. The zero-order valence-electron chi connectivity index (χ0n) is 13.9. The third-order valence-corrected chi connectivity index (χ3v) is 4.19. The predicted molar refractivity (Wildman–Crippen MR) is 82.9 cm³/mol. The number of hydrogen-bond donors (Lipinski definition) is 1. The van der Waals surface area contributed by atoms with Crippen molar-refractivity contribution in [3.05, 3.63) is 0 Å². The molecule has 1 aliphatic rings. The maximum Gasteiger partial charge on any atom is 0.325 e. The minimum Gasteiger partial charge on any atom is -0.465 e. The minimum absolute atomic E-state index is 0.0695. The van der Waals surface area contributed by atoms with Gasteiger partial charge >= 0.3 is 5.97 Å². The molecule has 0 radical (unpaired) electrons. The molecule has 1 fully saturated rings. The van der Waals surface area contributed by atoms with E-state index >= 15 is 0 Å². The molecule has 0 aliphatic carbocycles. The topological polar surface area (TPSA) is 58.6 Å². The average molecular weight is 298 g/mol. The molecule has 0 spiro atoms. The Kier molecular flexibility index (Phi) is 7.15. The Morgan fingerprint density at radius 1 is 1.24 bits per heavy atom. The van der Waals surface area contributed by atoms with Gasteiger partial charge in [-0.25, -0.2) is 0 Å². The van der Waals surface area contributed by atoms with Crippen molar-refractivity contribution in [3.63, 3.8) is 0 Å². The van der Waals surface area contributed by atoms with Gasteiger partial charge in [0.15, 0.2) is 0 Å². The Bertz CT molecular complexity index is 349. The predicted octanol–water partition coefficient (Wildman–Crippen LogP) is 1.81.